The number of nitrogens with two attached hydrogens (primary N) is 1. The Morgan fingerprint density at radius 3 is 2.47 bits per heavy atom. The molecular formula is C23H26BrN5O. The van der Waals surface area contributed by atoms with Crippen LogP contribution in [0.5, 0.6) is 0 Å². The van der Waals surface area contributed by atoms with Crippen LogP contribution in [-0.2, 0) is 6.54 Å². The van der Waals surface area contributed by atoms with Gasteiger partial charge in [-0.05, 0) is 28.1 Å². The van der Waals surface area contributed by atoms with Crippen molar-refractivity contribution in [1.29, 1.82) is 0 Å². The molecule has 0 bridgehead atoms. The van der Waals surface area contributed by atoms with Crippen molar-refractivity contribution in [3.8, 4) is 0 Å². The Morgan fingerprint density at radius 1 is 1.10 bits per heavy atom. The summed E-state index contributed by atoms with van der Waals surface area (Å²) in [5, 5.41) is 13.5. The largest absolute Gasteiger partial charge is 1.00 e. The molecule has 3 aromatic rings. The number of rotatable bonds is 4. The molecule has 0 saturated carbocycles. The van der Waals surface area contributed by atoms with Gasteiger partial charge < -0.3 is 27.8 Å². The van der Waals surface area contributed by atoms with Crippen LogP contribution in [0.4, 0.5) is 11.5 Å². The van der Waals surface area contributed by atoms with E-state index in [0.29, 0.717) is 18.1 Å². The minimum absolute atomic E-state index is 0. The molecule has 3 N–H and O–H groups in total. The van der Waals surface area contributed by atoms with Crippen molar-refractivity contribution in [3.63, 3.8) is 0 Å². The van der Waals surface area contributed by atoms with E-state index in [9.17, 15) is 5.11 Å². The summed E-state index contributed by atoms with van der Waals surface area (Å²) in [6.07, 6.45) is 3.69. The summed E-state index contributed by atoms with van der Waals surface area (Å²) < 4.78 is 3.69. The Hall–Kier alpha value is -2.77. The average molecular weight is 468 g/mol. The van der Waals surface area contributed by atoms with Crippen LogP contribution in [-0.4, -0.2) is 27.3 Å². The van der Waals surface area contributed by atoms with Crippen molar-refractivity contribution < 1.29 is 26.7 Å². The van der Waals surface area contributed by atoms with E-state index in [1.807, 2.05) is 24.4 Å². The normalized spacial score (nSPS) is 14.7. The molecule has 4 rings (SSSR count). The van der Waals surface area contributed by atoms with E-state index in [4.69, 9.17) is 10.7 Å². The molecular weight excluding hydrogens is 442 g/mol. The Bertz CT molecular complexity index is 1110. The molecule has 2 aromatic heterocycles. The van der Waals surface area contributed by atoms with E-state index in [1.54, 1.807) is 10.9 Å². The van der Waals surface area contributed by atoms with Gasteiger partial charge >= 0.3 is 5.84 Å². The smallest absolute Gasteiger partial charge is 0.333 e. The molecule has 0 aliphatic carbocycles. The molecule has 0 saturated heterocycles. The first-order valence-electron chi connectivity index (χ1n) is 9.74. The molecule has 7 heteroatoms. The lowest BCUT2D eigenvalue weighted by atomic mass is 9.81. The number of nitrogen functional groups attached to an aromatic ring is 1. The average Bonchev–Trinajstić information content (AvgIpc) is 3.22. The van der Waals surface area contributed by atoms with E-state index in [2.05, 4.69) is 60.8 Å². The summed E-state index contributed by atoms with van der Waals surface area (Å²) in [6.45, 7) is 6.92. The van der Waals surface area contributed by atoms with E-state index < -0.39 is 0 Å². The minimum Gasteiger partial charge on any atom is -1.00 e. The fraction of sp³-hybridized carbons (Fsp3) is 0.261. The Kier molecular flexibility index (Phi) is 6.24. The lowest BCUT2D eigenvalue weighted by molar-refractivity contribution is -0.554. The monoisotopic (exact) mass is 467 g/mol. The maximum absolute atomic E-state index is 9.21. The minimum atomic E-state index is -0.147. The number of aliphatic hydroxyl groups excluding tert-OH is 1. The number of fused-ring (bicyclic) bond motifs is 1. The zero-order valence-electron chi connectivity index (χ0n) is 17.4. The van der Waals surface area contributed by atoms with Crippen LogP contribution in [0.3, 0.4) is 0 Å². The summed E-state index contributed by atoms with van der Waals surface area (Å²) in [5.74, 6) is 1.30. The van der Waals surface area contributed by atoms with Gasteiger partial charge in [0, 0.05) is 5.57 Å². The molecule has 1 aliphatic heterocycles. The van der Waals surface area contributed by atoms with Crippen molar-refractivity contribution >= 4 is 22.9 Å². The summed E-state index contributed by atoms with van der Waals surface area (Å²) in [4.78, 5) is 4.96. The molecule has 0 radical (unpaired) electrons. The molecule has 0 amide bonds. The lowest BCUT2D eigenvalue weighted by Gasteiger charge is -2.19. The van der Waals surface area contributed by atoms with Crippen LogP contribution < -0.4 is 27.3 Å². The first-order valence-corrected chi connectivity index (χ1v) is 9.74. The van der Waals surface area contributed by atoms with Gasteiger partial charge in [0.15, 0.2) is 5.82 Å². The highest BCUT2D eigenvalue weighted by atomic mass is 79.9. The summed E-state index contributed by atoms with van der Waals surface area (Å²) in [7, 11) is 0. The van der Waals surface area contributed by atoms with Gasteiger partial charge in [0.25, 0.3) is 0 Å². The molecule has 1 aliphatic rings. The van der Waals surface area contributed by atoms with Crippen LogP contribution in [0.25, 0.3) is 5.57 Å². The molecule has 156 valence electrons. The Balaban J connectivity index is 0.00000256. The first kappa shape index (κ1) is 21.9. The number of nitrogens with zero attached hydrogens (tertiary/aromatic N) is 4. The van der Waals surface area contributed by atoms with Crippen molar-refractivity contribution in [2.24, 2.45) is 10.4 Å². The zero-order valence-corrected chi connectivity index (χ0v) is 19.0. The highest BCUT2D eigenvalue weighted by molar-refractivity contribution is 6.08. The van der Waals surface area contributed by atoms with E-state index in [0.717, 1.165) is 22.7 Å². The predicted octanol–water partition coefficient (Wildman–Crippen LogP) is 0.189. The third kappa shape index (κ3) is 3.82. The number of hydrogen-bond acceptors (Lipinski definition) is 4. The number of anilines is 1. The van der Waals surface area contributed by atoms with Crippen molar-refractivity contribution in [2.75, 3.05) is 12.3 Å². The van der Waals surface area contributed by atoms with E-state index >= 15 is 0 Å². The van der Waals surface area contributed by atoms with Crippen LogP contribution in [0.1, 0.15) is 32.0 Å². The lowest BCUT2D eigenvalue weighted by Crippen LogP contribution is -3.00. The Morgan fingerprint density at radius 2 is 1.80 bits per heavy atom. The fourth-order valence-electron chi connectivity index (χ4n) is 3.77. The van der Waals surface area contributed by atoms with Crippen LogP contribution in [0.15, 0.2) is 71.5 Å². The van der Waals surface area contributed by atoms with Crippen LogP contribution in [0, 0.1) is 5.41 Å². The predicted molar refractivity (Wildman–Crippen MR) is 115 cm³/mol. The number of hydrogen-bond donors (Lipinski definition) is 2. The van der Waals surface area contributed by atoms with Crippen molar-refractivity contribution in [2.45, 2.75) is 27.3 Å². The quantitative estimate of drug-likeness (QED) is 0.537. The molecule has 0 unspecified atom stereocenters. The fourth-order valence-corrected chi connectivity index (χ4v) is 3.77. The van der Waals surface area contributed by atoms with Gasteiger partial charge in [-0.2, -0.15) is 9.67 Å². The second-order valence-electron chi connectivity index (χ2n) is 8.12. The number of benzene rings is 1. The van der Waals surface area contributed by atoms with Gasteiger partial charge in [-0.15, -0.1) is 0 Å². The molecule has 30 heavy (non-hydrogen) atoms. The highest BCUT2D eigenvalue weighted by Crippen LogP contribution is 2.40. The van der Waals surface area contributed by atoms with Gasteiger partial charge in [0.05, 0.1) is 24.9 Å². The molecule has 6 nitrogen and oxygen atoms in total. The Labute approximate surface area is 187 Å². The maximum atomic E-state index is 9.21. The van der Waals surface area contributed by atoms with Crippen LogP contribution in [0.2, 0.25) is 0 Å². The summed E-state index contributed by atoms with van der Waals surface area (Å²) >= 11 is 0. The third-order valence-corrected chi connectivity index (χ3v) is 5.03. The van der Waals surface area contributed by atoms with E-state index in [1.165, 1.54) is 5.57 Å². The first-order chi connectivity index (χ1) is 13.9. The number of aliphatic imine (C=N–C) groups is 1. The van der Waals surface area contributed by atoms with Gasteiger partial charge in [-0.3, -0.25) is 0 Å². The van der Waals surface area contributed by atoms with Gasteiger partial charge in [-0.25, -0.2) is 4.68 Å². The molecule has 3 heterocycles. The standard InChI is InChI=1S/C23H25N5O.BrH/c1-23(2,3)20-19(16-9-5-4-6-10-16)18-11-7-8-12-27(18)22(20)26-17-15-25-28(13-14-29)21(17)24;/h4-12,15,24,29H,13-14H2,1-3H3;1H. The molecule has 0 atom stereocenters. The van der Waals surface area contributed by atoms with Gasteiger partial charge in [-0.1, -0.05) is 57.2 Å². The molecule has 0 fully saturated rings. The second kappa shape index (κ2) is 8.53. The zero-order chi connectivity index (χ0) is 20.6. The second-order valence-corrected chi connectivity index (χ2v) is 8.12. The summed E-state index contributed by atoms with van der Waals surface area (Å²) in [6, 6.07) is 16.6. The van der Waals surface area contributed by atoms with E-state index in [-0.39, 0.29) is 29.0 Å². The molecule has 0 spiro atoms. The van der Waals surface area contributed by atoms with Crippen LogP contribution >= 0.6 is 0 Å². The number of aromatic nitrogens is 3. The SMILES string of the molecule is CC(C)(C)C1=C(c2ccccc2)c2cccc[n+]2/C1=N\c1cnn(CCO)c1N.[Br-]. The molecule has 1 aromatic carbocycles. The number of halogens is 1. The highest BCUT2D eigenvalue weighted by Gasteiger charge is 2.41. The maximum Gasteiger partial charge on any atom is 0.333 e. The summed E-state index contributed by atoms with van der Waals surface area (Å²) in [5.41, 5.74) is 11.3. The van der Waals surface area contributed by atoms with Crippen molar-refractivity contribution in [3.05, 3.63) is 77.8 Å². The number of pyridine rings is 1. The topological polar surface area (TPSA) is 80.3 Å². The van der Waals surface area contributed by atoms with Crippen molar-refractivity contribution in [1.82, 2.24) is 9.78 Å². The van der Waals surface area contributed by atoms with Gasteiger partial charge in [0.1, 0.15) is 11.9 Å². The van der Waals surface area contributed by atoms with Gasteiger partial charge in [0.2, 0.25) is 5.69 Å². The number of aliphatic hydroxyl groups is 1. The third-order valence-electron chi connectivity index (χ3n) is 5.03. The number of allylic oxidation sites excluding steroid dienone is 1.